The Morgan fingerprint density at radius 2 is 2.43 bits per heavy atom. The largest absolute Gasteiger partial charge is 0.382 e. The van der Waals surface area contributed by atoms with Crippen molar-refractivity contribution in [1.82, 2.24) is 0 Å². The van der Waals surface area contributed by atoms with E-state index in [0.29, 0.717) is 11.6 Å². The molecule has 0 unspecified atom stereocenters. The van der Waals surface area contributed by atoms with Crippen LogP contribution in [-0.2, 0) is 4.79 Å². The summed E-state index contributed by atoms with van der Waals surface area (Å²) in [5.41, 5.74) is -1.18. The molecule has 0 aliphatic rings. The quantitative estimate of drug-likeness (QED) is 0.475. The van der Waals surface area contributed by atoms with E-state index in [-0.39, 0.29) is 0 Å². The fraction of sp³-hybridized carbons (Fsp3) is 0.750. The van der Waals surface area contributed by atoms with Gasteiger partial charge < -0.3 is 9.90 Å². The van der Waals surface area contributed by atoms with Gasteiger partial charge in [0.1, 0.15) is 5.60 Å². The predicted octanol–water partition coefficient (Wildman–Crippen LogP) is 0.331. The lowest BCUT2D eigenvalue weighted by Gasteiger charge is -2.08. The highest BCUT2D eigenvalue weighted by atomic mass is 79.9. The van der Waals surface area contributed by atoms with E-state index in [1.54, 1.807) is 0 Å². The van der Waals surface area contributed by atoms with E-state index < -0.39 is 5.60 Å². The Bertz CT molecular complexity index is 70.1. The monoisotopic (exact) mass is 166 g/mol. The summed E-state index contributed by atoms with van der Waals surface area (Å²) >= 11 is 2.95. The molecule has 0 spiro atoms. The average Bonchev–Trinajstić information content (AvgIpc) is 1.68. The molecule has 3 heteroatoms. The number of carbonyl (C=O) groups is 1. The maximum Gasteiger partial charge on any atom is 0.152 e. The second-order valence-corrected chi connectivity index (χ2v) is 2.17. The maximum absolute atomic E-state index is 9.78. The second kappa shape index (κ2) is 2.43. The van der Waals surface area contributed by atoms with E-state index in [2.05, 4.69) is 15.9 Å². The van der Waals surface area contributed by atoms with Crippen LogP contribution in [0.25, 0.3) is 0 Å². The van der Waals surface area contributed by atoms with E-state index in [0.717, 1.165) is 0 Å². The lowest BCUT2D eigenvalue weighted by molar-refractivity contribution is -0.120. The summed E-state index contributed by atoms with van der Waals surface area (Å²) in [6.07, 6.45) is 0.502. The van der Waals surface area contributed by atoms with Crippen LogP contribution < -0.4 is 0 Å². The van der Waals surface area contributed by atoms with Crippen molar-refractivity contribution in [2.24, 2.45) is 0 Å². The van der Waals surface area contributed by atoms with Crippen LogP contribution >= 0.6 is 15.9 Å². The first-order valence-corrected chi connectivity index (χ1v) is 2.99. The van der Waals surface area contributed by atoms with Gasteiger partial charge in [-0.2, -0.15) is 0 Å². The summed E-state index contributed by atoms with van der Waals surface area (Å²) in [4.78, 5) is 9.78. The molecule has 0 rings (SSSR count). The highest BCUT2D eigenvalue weighted by Gasteiger charge is 2.15. The highest BCUT2D eigenvalue weighted by Crippen LogP contribution is 2.01. The Morgan fingerprint density at radius 1 is 2.00 bits per heavy atom. The van der Waals surface area contributed by atoms with Crippen molar-refractivity contribution in [3.63, 3.8) is 0 Å². The molecule has 0 aromatic rings. The van der Waals surface area contributed by atoms with Crippen molar-refractivity contribution < 1.29 is 9.90 Å². The molecule has 1 N–H and O–H groups in total. The number of hydrogen-bond acceptors (Lipinski definition) is 2. The molecular weight excluding hydrogens is 160 g/mol. The molecule has 0 fully saturated rings. The van der Waals surface area contributed by atoms with Crippen LogP contribution in [0.4, 0.5) is 0 Å². The van der Waals surface area contributed by atoms with E-state index >= 15 is 0 Å². The van der Waals surface area contributed by atoms with Gasteiger partial charge in [-0.25, -0.2) is 0 Å². The van der Waals surface area contributed by atoms with Gasteiger partial charge in [0.05, 0.1) is 0 Å². The third-order valence-corrected chi connectivity index (χ3v) is 1.66. The van der Waals surface area contributed by atoms with Crippen molar-refractivity contribution in [2.75, 3.05) is 5.33 Å². The average molecular weight is 167 g/mol. The standard InChI is InChI=1S/C4H7BrO2/c1-4(7,2-5)3-6/h3,7H,2H2,1H3/t4-/m0/s1. The number of hydrogen-bond donors (Lipinski definition) is 1. The maximum atomic E-state index is 9.78. The summed E-state index contributed by atoms with van der Waals surface area (Å²) < 4.78 is 0. The van der Waals surface area contributed by atoms with Gasteiger partial charge in [0.15, 0.2) is 6.29 Å². The number of aliphatic hydroxyl groups is 1. The molecule has 0 saturated carbocycles. The number of rotatable bonds is 2. The fourth-order valence-electron chi connectivity index (χ4n) is 0.0315. The van der Waals surface area contributed by atoms with Crippen molar-refractivity contribution in [3.8, 4) is 0 Å². The molecule has 0 aromatic heterocycles. The second-order valence-electron chi connectivity index (χ2n) is 1.61. The lowest BCUT2D eigenvalue weighted by Crippen LogP contribution is -2.27. The van der Waals surface area contributed by atoms with E-state index in [1.165, 1.54) is 6.92 Å². The number of halogens is 1. The van der Waals surface area contributed by atoms with Crippen LogP contribution in [0.2, 0.25) is 0 Å². The SMILES string of the molecule is C[C@@](O)(C=O)CBr. The molecular formula is C4H7BrO2. The first kappa shape index (κ1) is 7.11. The molecule has 7 heavy (non-hydrogen) atoms. The van der Waals surface area contributed by atoms with Crippen LogP contribution in [0.3, 0.4) is 0 Å². The molecule has 0 amide bonds. The van der Waals surface area contributed by atoms with Gasteiger partial charge in [-0.3, -0.25) is 0 Å². The van der Waals surface area contributed by atoms with E-state index in [9.17, 15) is 4.79 Å². The predicted molar refractivity (Wildman–Crippen MR) is 30.5 cm³/mol. The van der Waals surface area contributed by atoms with E-state index in [4.69, 9.17) is 5.11 Å². The van der Waals surface area contributed by atoms with Crippen LogP contribution in [0.15, 0.2) is 0 Å². The molecule has 0 aliphatic carbocycles. The fourth-order valence-corrected chi connectivity index (χ4v) is 0.164. The first-order valence-electron chi connectivity index (χ1n) is 1.87. The molecule has 0 heterocycles. The number of carbonyl (C=O) groups excluding carboxylic acids is 1. The van der Waals surface area contributed by atoms with Gasteiger partial charge in [0.25, 0.3) is 0 Å². The van der Waals surface area contributed by atoms with Crippen molar-refractivity contribution in [1.29, 1.82) is 0 Å². The number of alkyl halides is 1. The minimum Gasteiger partial charge on any atom is -0.382 e. The zero-order chi connectivity index (χ0) is 5.91. The summed E-state index contributed by atoms with van der Waals surface area (Å²) in [5, 5.41) is 9.01. The molecule has 0 aliphatic heterocycles. The minimum absolute atomic E-state index is 0.295. The molecule has 0 bridgehead atoms. The van der Waals surface area contributed by atoms with Gasteiger partial charge >= 0.3 is 0 Å². The molecule has 0 radical (unpaired) electrons. The van der Waals surface area contributed by atoms with Gasteiger partial charge in [0, 0.05) is 5.33 Å². The number of aldehydes is 1. The minimum atomic E-state index is -1.18. The van der Waals surface area contributed by atoms with Crippen LogP contribution in [-0.4, -0.2) is 22.3 Å². The third-order valence-electron chi connectivity index (χ3n) is 0.524. The van der Waals surface area contributed by atoms with E-state index in [1.807, 2.05) is 0 Å². The Kier molecular flexibility index (Phi) is 2.46. The molecule has 0 saturated heterocycles. The lowest BCUT2D eigenvalue weighted by atomic mass is 10.2. The topological polar surface area (TPSA) is 37.3 Å². The Hall–Kier alpha value is 0.110. The van der Waals surface area contributed by atoms with Gasteiger partial charge in [-0.1, -0.05) is 15.9 Å². The third kappa shape index (κ3) is 2.76. The zero-order valence-electron chi connectivity index (χ0n) is 4.02. The van der Waals surface area contributed by atoms with Gasteiger partial charge in [-0.15, -0.1) is 0 Å². The summed E-state index contributed by atoms with van der Waals surface area (Å²) in [7, 11) is 0. The summed E-state index contributed by atoms with van der Waals surface area (Å²) in [6, 6.07) is 0. The highest BCUT2D eigenvalue weighted by molar-refractivity contribution is 9.09. The first-order chi connectivity index (χ1) is 3.12. The molecule has 1 atom stereocenters. The van der Waals surface area contributed by atoms with Crippen molar-refractivity contribution in [3.05, 3.63) is 0 Å². The summed E-state index contributed by atoms with van der Waals surface area (Å²) in [6.45, 7) is 1.44. The van der Waals surface area contributed by atoms with Crippen LogP contribution in [0, 0.1) is 0 Å². The normalized spacial score (nSPS) is 18.1. The van der Waals surface area contributed by atoms with Crippen molar-refractivity contribution >= 4 is 22.2 Å². The summed E-state index contributed by atoms with van der Waals surface area (Å²) in [5.74, 6) is 0. The van der Waals surface area contributed by atoms with Gasteiger partial charge in [0.2, 0.25) is 0 Å². The Labute approximate surface area is 50.7 Å². The van der Waals surface area contributed by atoms with Gasteiger partial charge in [-0.05, 0) is 6.92 Å². The Morgan fingerprint density at radius 3 is 2.43 bits per heavy atom. The van der Waals surface area contributed by atoms with Crippen LogP contribution in [0.5, 0.6) is 0 Å². The molecule has 2 nitrogen and oxygen atoms in total. The van der Waals surface area contributed by atoms with Crippen LogP contribution in [0.1, 0.15) is 6.92 Å². The molecule has 0 aromatic carbocycles. The van der Waals surface area contributed by atoms with Crippen molar-refractivity contribution in [2.45, 2.75) is 12.5 Å². The zero-order valence-corrected chi connectivity index (χ0v) is 5.60. The Balaban J connectivity index is 3.58. The smallest absolute Gasteiger partial charge is 0.152 e. The molecule has 42 valence electrons.